The van der Waals surface area contributed by atoms with E-state index in [2.05, 4.69) is 5.32 Å². The molecule has 120 valence electrons. The van der Waals surface area contributed by atoms with Crippen molar-refractivity contribution in [2.75, 3.05) is 11.9 Å². The standard InChI is InChI=1S/C16H11N3O4S/c17-6-5-13(20)19-15-14(16(21)22)12(9-24-15)10-1-3-11(4-2-10)23-8-7-18/h1-4,9H,5,8H2,(H,19,20)(H,21,22). The number of anilines is 1. The van der Waals surface area contributed by atoms with Crippen LogP contribution in [0.15, 0.2) is 29.6 Å². The molecule has 1 amide bonds. The van der Waals surface area contributed by atoms with Crippen molar-refractivity contribution in [2.24, 2.45) is 0 Å². The van der Waals surface area contributed by atoms with Gasteiger partial charge in [-0.1, -0.05) is 12.1 Å². The molecular formula is C16H11N3O4S. The molecular weight excluding hydrogens is 330 g/mol. The highest BCUT2D eigenvalue weighted by atomic mass is 32.1. The van der Waals surface area contributed by atoms with Crippen molar-refractivity contribution < 1.29 is 19.4 Å². The third-order valence-electron chi connectivity index (χ3n) is 2.97. The average Bonchev–Trinajstić information content (AvgIpc) is 2.97. The Balaban J connectivity index is 2.32. The summed E-state index contributed by atoms with van der Waals surface area (Å²) in [5.41, 5.74) is 1.05. The maximum absolute atomic E-state index is 11.6. The summed E-state index contributed by atoms with van der Waals surface area (Å²) in [6.45, 7) is -0.0761. The molecule has 0 aliphatic heterocycles. The van der Waals surface area contributed by atoms with E-state index in [1.165, 1.54) is 0 Å². The van der Waals surface area contributed by atoms with E-state index in [0.29, 0.717) is 16.9 Å². The third-order valence-corrected chi connectivity index (χ3v) is 3.86. The highest BCUT2D eigenvalue weighted by Crippen LogP contribution is 2.36. The molecule has 0 radical (unpaired) electrons. The number of hydrogen-bond donors (Lipinski definition) is 2. The zero-order chi connectivity index (χ0) is 17.5. The quantitative estimate of drug-likeness (QED) is 0.832. The molecule has 0 atom stereocenters. The van der Waals surface area contributed by atoms with E-state index in [9.17, 15) is 14.7 Å². The highest BCUT2D eigenvalue weighted by molar-refractivity contribution is 7.15. The molecule has 8 heteroatoms. The summed E-state index contributed by atoms with van der Waals surface area (Å²) in [4.78, 5) is 23.1. The van der Waals surface area contributed by atoms with Crippen LogP contribution in [0.25, 0.3) is 11.1 Å². The van der Waals surface area contributed by atoms with E-state index < -0.39 is 11.9 Å². The van der Waals surface area contributed by atoms with Gasteiger partial charge in [-0.15, -0.1) is 11.3 Å². The van der Waals surface area contributed by atoms with Crippen molar-refractivity contribution >= 4 is 28.2 Å². The van der Waals surface area contributed by atoms with Crippen LogP contribution in [0.3, 0.4) is 0 Å². The average molecular weight is 341 g/mol. The van der Waals surface area contributed by atoms with Gasteiger partial charge in [0.25, 0.3) is 0 Å². The van der Waals surface area contributed by atoms with Gasteiger partial charge in [0.1, 0.15) is 28.8 Å². The highest BCUT2D eigenvalue weighted by Gasteiger charge is 2.21. The minimum Gasteiger partial charge on any atom is -0.479 e. The van der Waals surface area contributed by atoms with Crippen molar-refractivity contribution in [3.05, 3.63) is 35.2 Å². The van der Waals surface area contributed by atoms with Crippen molar-refractivity contribution in [3.63, 3.8) is 0 Å². The van der Waals surface area contributed by atoms with Crippen LogP contribution in [0.4, 0.5) is 5.00 Å². The smallest absolute Gasteiger partial charge is 0.339 e. The third kappa shape index (κ3) is 3.88. The lowest BCUT2D eigenvalue weighted by Crippen LogP contribution is -2.12. The normalized spacial score (nSPS) is 9.58. The molecule has 0 fully saturated rings. The molecule has 0 bridgehead atoms. The van der Waals surface area contributed by atoms with E-state index in [1.54, 1.807) is 35.7 Å². The number of thiophene rings is 1. The number of rotatable bonds is 6. The van der Waals surface area contributed by atoms with Crippen LogP contribution in [0.5, 0.6) is 5.75 Å². The summed E-state index contributed by atoms with van der Waals surface area (Å²) >= 11 is 1.08. The van der Waals surface area contributed by atoms with Crippen molar-refractivity contribution in [3.8, 4) is 29.0 Å². The number of carboxylic acid groups (broad SMARTS) is 1. The number of nitrogens with zero attached hydrogens (tertiary/aromatic N) is 2. The molecule has 0 aliphatic rings. The first-order chi connectivity index (χ1) is 11.6. The molecule has 24 heavy (non-hydrogen) atoms. The van der Waals surface area contributed by atoms with Gasteiger partial charge in [0.2, 0.25) is 5.91 Å². The number of carbonyl (C=O) groups is 2. The van der Waals surface area contributed by atoms with Gasteiger partial charge < -0.3 is 15.2 Å². The Labute approximate surface area is 141 Å². The molecule has 7 nitrogen and oxygen atoms in total. The van der Waals surface area contributed by atoms with E-state index in [4.69, 9.17) is 15.3 Å². The van der Waals surface area contributed by atoms with E-state index in [0.717, 1.165) is 11.3 Å². The fourth-order valence-corrected chi connectivity index (χ4v) is 2.94. The number of nitrogens with one attached hydrogen (secondary N) is 1. The van der Waals surface area contributed by atoms with Crippen LogP contribution in [-0.4, -0.2) is 23.6 Å². The number of hydrogen-bond acceptors (Lipinski definition) is 6. The van der Waals surface area contributed by atoms with Crippen LogP contribution < -0.4 is 10.1 Å². The van der Waals surface area contributed by atoms with Gasteiger partial charge in [-0.05, 0) is 17.7 Å². The molecule has 1 aromatic heterocycles. The molecule has 0 saturated carbocycles. The summed E-state index contributed by atoms with van der Waals surface area (Å²) in [7, 11) is 0. The van der Waals surface area contributed by atoms with E-state index >= 15 is 0 Å². The number of carbonyl (C=O) groups excluding carboxylic acids is 1. The number of amides is 1. The lowest BCUT2D eigenvalue weighted by Gasteiger charge is -2.06. The summed E-state index contributed by atoms with van der Waals surface area (Å²) in [5, 5.41) is 30.7. The largest absolute Gasteiger partial charge is 0.479 e. The molecule has 0 spiro atoms. The van der Waals surface area contributed by atoms with Gasteiger partial charge in [0.05, 0.1) is 6.07 Å². The topological polar surface area (TPSA) is 123 Å². The van der Waals surface area contributed by atoms with Gasteiger partial charge >= 0.3 is 5.97 Å². The summed E-state index contributed by atoms with van der Waals surface area (Å²) in [6, 6.07) is 10.2. The molecule has 2 aromatic rings. The Morgan fingerprint density at radius 2 is 1.92 bits per heavy atom. The Hall–Kier alpha value is -3.36. The second kappa shape index (κ2) is 7.77. The second-order valence-electron chi connectivity index (χ2n) is 4.51. The summed E-state index contributed by atoms with van der Waals surface area (Å²) in [5.74, 6) is -1.24. The first kappa shape index (κ1) is 17.0. The van der Waals surface area contributed by atoms with Gasteiger partial charge in [-0.25, -0.2) is 4.79 Å². The molecule has 1 heterocycles. The first-order valence-corrected chi connectivity index (χ1v) is 7.56. The molecule has 2 N–H and O–H groups in total. The zero-order valence-electron chi connectivity index (χ0n) is 12.3. The monoisotopic (exact) mass is 341 g/mol. The predicted octanol–water partition coefficient (Wildman–Crippen LogP) is 2.87. The van der Waals surface area contributed by atoms with Gasteiger partial charge in [0.15, 0.2) is 6.61 Å². The number of aromatic carboxylic acids is 1. The fourth-order valence-electron chi connectivity index (χ4n) is 1.96. The zero-order valence-corrected chi connectivity index (χ0v) is 13.1. The van der Waals surface area contributed by atoms with Crippen LogP contribution in [0, 0.1) is 22.7 Å². The number of benzene rings is 1. The molecule has 0 saturated heterocycles. The van der Waals surface area contributed by atoms with Crippen LogP contribution in [-0.2, 0) is 4.79 Å². The fraction of sp³-hybridized carbons (Fsp3) is 0.125. The molecule has 2 rings (SSSR count). The summed E-state index contributed by atoms with van der Waals surface area (Å²) < 4.78 is 5.15. The van der Waals surface area contributed by atoms with Crippen LogP contribution in [0.1, 0.15) is 16.8 Å². The van der Waals surface area contributed by atoms with Gasteiger partial charge in [-0.3, -0.25) is 4.79 Å². The van der Waals surface area contributed by atoms with Crippen LogP contribution in [0.2, 0.25) is 0 Å². The molecule has 0 aliphatic carbocycles. The van der Waals surface area contributed by atoms with Crippen LogP contribution >= 0.6 is 11.3 Å². The van der Waals surface area contributed by atoms with Gasteiger partial charge in [0, 0.05) is 10.9 Å². The summed E-state index contributed by atoms with van der Waals surface area (Å²) in [6.07, 6.45) is -0.350. The van der Waals surface area contributed by atoms with E-state index in [-0.39, 0.29) is 23.6 Å². The maximum atomic E-state index is 11.6. The van der Waals surface area contributed by atoms with Crippen molar-refractivity contribution in [2.45, 2.75) is 6.42 Å². The molecule has 0 unspecified atom stereocenters. The predicted molar refractivity (Wildman–Crippen MR) is 86.7 cm³/mol. The Morgan fingerprint density at radius 1 is 1.21 bits per heavy atom. The minimum atomic E-state index is -1.18. The number of nitriles is 2. The lowest BCUT2D eigenvalue weighted by atomic mass is 10.0. The van der Waals surface area contributed by atoms with Gasteiger partial charge in [-0.2, -0.15) is 10.5 Å². The lowest BCUT2D eigenvalue weighted by molar-refractivity contribution is -0.115. The Morgan fingerprint density at radius 3 is 2.50 bits per heavy atom. The maximum Gasteiger partial charge on any atom is 0.339 e. The van der Waals surface area contributed by atoms with Crippen molar-refractivity contribution in [1.29, 1.82) is 10.5 Å². The molecule has 1 aromatic carbocycles. The Bertz CT molecular complexity index is 844. The second-order valence-corrected chi connectivity index (χ2v) is 5.39. The van der Waals surface area contributed by atoms with Crippen molar-refractivity contribution in [1.82, 2.24) is 0 Å². The van der Waals surface area contributed by atoms with E-state index in [1.807, 2.05) is 6.07 Å². The number of carboxylic acids is 1. The Kier molecular flexibility index (Phi) is 5.50. The number of ether oxygens (including phenoxy) is 1. The first-order valence-electron chi connectivity index (χ1n) is 6.68. The minimum absolute atomic E-state index is 0.0306. The SMILES string of the molecule is N#CCOc1ccc(-c2csc(NC(=O)CC#N)c2C(=O)O)cc1.